The Morgan fingerprint density at radius 1 is 1.12 bits per heavy atom. The lowest BCUT2D eigenvalue weighted by atomic mass is 10.1. The summed E-state index contributed by atoms with van der Waals surface area (Å²) in [4.78, 5) is 31.5. The number of hydrogen-bond acceptors (Lipinski definition) is 10. The zero-order valence-electron chi connectivity index (χ0n) is 18.8. The number of rotatable bonds is 8. The summed E-state index contributed by atoms with van der Waals surface area (Å²) in [5.74, 6) is 2.99. The summed E-state index contributed by atoms with van der Waals surface area (Å²) in [6.45, 7) is 5.47. The number of likely N-dealkylation sites (N-methyl/N-ethyl adjacent to an activating group) is 1. The van der Waals surface area contributed by atoms with Crippen LogP contribution in [0.5, 0.6) is 0 Å². The average Bonchev–Trinajstić information content (AvgIpc) is 3.58. The molecule has 0 radical (unpaired) electrons. The van der Waals surface area contributed by atoms with E-state index in [-0.39, 0.29) is 5.92 Å². The third-order valence-corrected chi connectivity index (χ3v) is 6.67. The molecule has 172 valence electrons. The largest absolute Gasteiger partial charge is 0.360 e. The number of hydrogen-bond donors (Lipinski definition) is 1. The summed E-state index contributed by atoms with van der Waals surface area (Å²) >= 11 is 1.47. The Bertz CT molecular complexity index is 1120. The number of carbonyl (C=O) groups excluding carboxylic acids is 1. The zero-order valence-corrected chi connectivity index (χ0v) is 19.6. The van der Waals surface area contributed by atoms with Gasteiger partial charge in [-0.2, -0.15) is 15.0 Å². The highest BCUT2D eigenvalue weighted by Gasteiger charge is 2.29. The number of anilines is 3. The van der Waals surface area contributed by atoms with Gasteiger partial charge in [0.05, 0.1) is 0 Å². The van der Waals surface area contributed by atoms with E-state index >= 15 is 0 Å². The van der Waals surface area contributed by atoms with Crippen molar-refractivity contribution in [1.82, 2.24) is 25.0 Å². The van der Waals surface area contributed by atoms with Crippen LogP contribution >= 0.6 is 11.8 Å². The minimum atomic E-state index is 0.289. The highest BCUT2D eigenvalue weighted by molar-refractivity contribution is 7.99. The van der Waals surface area contributed by atoms with Crippen LogP contribution in [0.25, 0.3) is 0 Å². The normalized spacial score (nSPS) is 16.7. The van der Waals surface area contributed by atoms with Crippen molar-refractivity contribution in [3.05, 3.63) is 41.7 Å². The van der Waals surface area contributed by atoms with Crippen molar-refractivity contribution in [2.24, 2.45) is 5.92 Å². The first-order valence-corrected chi connectivity index (χ1v) is 12.0. The maximum atomic E-state index is 12.1. The van der Waals surface area contributed by atoms with Gasteiger partial charge in [0.2, 0.25) is 11.9 Å². The van der Waals surface area contributed by atoms with Crippen LogP contribution < -0.4 is 10.2 Å². The van der Waals surface area contributed by atoms with E-state index in [1.165, 1.54) is 11.8 Å². The molecule has 3 heterocycles. The lowest BCUT2D eigenvalue weighted by Gasteiger charge is -2.32. The van der Waals surface area contributed by atoms with Gasteiger partial charge in [-0.25, -0.2) is 0 Å². The van der Waals surface area contributed by atoms with Gasteiger partial charge in [-0.15, -0.1) is 0 Å². The Morgan fingerprint density at radius 3 is 2.55 bits per heavy atom. The molecule has 2 aliphatic rings. The van der Waals surface area contributed by atoms with Gasteiger partial charge in [0, 0.05) is 49.5 Å². The molecule has 1 aromatic carbocycles. The van der Waals surface area contributed by atoms with Crippen molar-refractivity contribution in [3.8, 4) is 0 Å². The van der Waals surface area contributed by atoms with E-state index in [0.29, 0.717) is 40.8 Å². The van der Waals surface area contributed by atoms with Crippen LogP contribution in [0.15, 0.2) is 44.9 Å². The quantitative estimate of drug-likeness (QED) is 0.533. The molecular formula is C23H27N7O2S. The maximum Gasteiger partial charge on any atom is 0.234 e. The first-order chi connectivity index (χ1) is 16.0. The molecule has 1 aliphatic carbocycles. The van der Waals surface area contributed by atoms with E-state index in [4.69, 9.17) is 9.51 Å². The number of benzene rings is 1. The van der Waals surface area contributed by atoms with Gasteiger partial charge in [-0.05, 0) is 56.3 Å². The zero-order chi connectivity index (χ0) is 22.8. The van der Waals surface area contributed by atoms with Gasteiger partial charge in [0.1, 0.15) is 11.5 Å². The monoisotopic (exact) mass is 465 g/mol. The Labute approximate surface area is 197 Å². The second-order valence-corrected chi connectivity index (χ2v) is 9.68. The number of carbonyl (C=O) groups is 1. The molecule has 0 bridgehead atoms. The highest BCUT2D eigenvalue weighted by atomic mass is 32.2. The molecule has 0 amide bonds. The van der Waals surface area contributed by atoms with Crippen molar-refractivity contribution in [3.63, 3.8) is 0 Å². The molecule has 1 saturated carbocycles. The SMILES string of the molecule is Cc1cc(Nc2nc(Sc3ccc(CC(=O)C4CC4)cc3)nc(N3CCN(C)CC3)n2)no1. The van der Waals surface area contributed by atoms with Gasteiger partial charge in [0.25, 0.3) is 0 Å². The number of Topliss-reactive ketones (excluding diaryl/α,β-unsaturated/α-hetero) is 1. The highest BCUT2D eigenvalue weighted by Crippen LogP contribution is 2.32. The number of ketones is 1. The molecule has 33 heavy (non-hydrogen) atoms. The second-order valence-electron chi connectivity index (χ2n) is 8.64. The summed E-state index contributed by atoms with van der Waals surface area (Å²) in [6, 6.07) is 9.87. The number of piperazine rings is 1. The van der Waals surface area contributed by atoms with E-state index in [0.717, 1.165) is 49.5 Å². The molecule has 0 spiro atoms. The van der Waals surface area contributed by atoms with Crippen molar-refractivity contribution < 1.29 is 9.32 Å². The third-order valence-electron chi connectivity index (χ3n) is 5.80. The molecule has 5 rings (SSSR count). The summed E-state index contributed by atoms with van der Waals surface area (Å²) in [5, 5.41) is 7.72. The van der Waals surface area contributed by atoms with Gasteiger partial charge in [-0.1, -0.05) is 17.3 Å². The van der Waals surface area contributed by atoms with Crippen LogP contribution in [-0.4, -0.2) is 64.0 Å². The number of aryl methyl sites for hydroxylation is 1. The molecule has 9 nitrogen and oxygen atoms in total. The summed E-state index contributed by atoms with van der Waals surface area (Å²) in [5.41, 5.74) is 1.05. The first kappa shape index (κ1) is 21.8. The molecule has 1 aliphatic heterocycles. The molecule has 10 heteroatoms. The van der Waals surface area contributed by atoms with Crippen molar-refractivity contribution in [2.45, 2.75) is 36.2 Å². The maximum absolute atomic E-state index is 12.1. The minimum Gasteiger partial charge on any atom is -0.360 e. The lowest BCUT2D eigenvalue weighted by Crippen LogP contribution is -2.45. The van der Waals surface area contributed by atoms with E-state index < -0.39 is 0 Å². The van der Waals surface area contributed by atoms with E-state index in [9.17, 15) is 4.79 Å². The molecule has 2 fully saturated rings. The summed E-state index contributed by atoms with van der Waals surface area (Å²) < 4.78 is 5.15. The van der Waals surface area contributed by atoms with Crippen LogP contribution in [0.1, 0.15) is 24.2 Å². The van der Waals surface area contributed by atoms with E-state index in [1.807, 2.05) is 31.2 Å². The predicted octanol–water partition coefficient (Wildman–Crippen LogP) is 3.34. The minimum absolute atomic E-state index is 0.289. The number of nitrogens with zero attached hydrogens (tertiary/aromatic N) is 6. The molecule has 2 aromatic heterocycles. The van der Waals surface area contributed by atoms with Crippen molar-refractivity contribution >= 4 is 35.3 Å². The Kier molecular flexibility index (Phi) is 6.28. The van der Waals surface area contributed by atoms with Gasteiger partial charge in [-0.3, -0.25) is 4.79 Å². The lowest BCUT2D eigenvalue weighted by molar-refractivity contribution is -0.119. The molecule has 3 aromatic rings. The van der Waals surface area contributed by atoms with E-state index in [1.54, 1.807) is 6.07 Å². The molecule has 0 unspecified atom stereocenters. The summed E-state index contributed by atoms with van der Waals surface area (Å²) in [6.07, 6.45) is 2.61. The standard InChI is InChI=1S/C23H27N7O2S/c1-15-13-20(28-32-15)24-21-25-22(30-11-9-29(2)10-12-30)27-23(26-21)33-18-7-3-16(4-8-18)14-19(31)17-5-6-17/h3-4,7-8,13,17H,5-6,9-12,14H2,1-2H3,(H,24,25,26,27,28). The first-order valence-electron chi connectivity index (χ1n) is 11.2. The Morgan fingerprint density at radius 2 is 1.88 bits per heavy atom. The van der Waals surface area contributed by atoms with Gasteiger partial charge in [0.15, 0.2) is 11.0 Å². The molecule has 0 atom stereocenters. The topological polar surface area (TPSA) is 100 Å². The van der Waals surface area contributed by atoms with E-state index in [2.05, 4.69) is 37.3 Å². The van der Waals surface area contributed by atoms with Crippen LogP contribution in [0.3, 0.4) is 0 Å². The van der Waals surface area contributed by atoms with Gasteiger partial charge >= 0.3 is 0 Å². The van der Waals surface area contributed by atoms with Crippen LogP contribution in [0.2, 0.25) is 0 Å². The molecule has 1 saturated heterocycles. The Balaban J connectivity index is 1.35. The van der Waals surface area contributed by atoms with Crippen LogP contribution in [0.4, 0.5) is 17.7 Å². The molecule has 1 N–H and O–H groups in total. The third kappa shape index (κ3) is 5.69. The van der Waals surface area contributed by atoms with Crippen LogP contribution in [0, 0.1) is 12.8 Å². The molecular weight excluding hydrogens is 438 g/mol. The van der Waals surface area contributed by atoms with Crippen molar-refractivity contribution in [2.75, 3.05) is 43.4 Å². The Hall–Kier alpha value is -2.98. The number of aromatic nitrogens is 4. The fourth-order valence-electron chi connectivity index (χ4n) is 3.67. The average molecular weight is 466 g/mol. The second kappa shape index (κ2) is 9.48. The fourth-order valence-corrected chi connectivity index (χ4v) is 4.41. The predicted molar refractivity (Wildman–Crippen MR) is 126 cm³/mol. The number of nitrogens with one attached hydrogen (secondary N) is 1. The van der Waals surface area contributed by atoms with Crippen LogP contribution in [-0.2, 0) is 11.2 Å². The fraction of sp³-hybridized carbons (Fsp3) is 0.435. The summed E-state index contributed by atoms with van der Waals surface area (Å²) in [7, 11) is 2.12. The smallest absolute Gasteiger partial charge is 0.234 e. The van der Waals surface area contributed by atoms with Crippen molar-refractivity contribution in [1.29, 1.82) is 0 Å². The van der Waals surface area contributed by atoms with Gasteiger partial charge < -0.3 is 19.6 Å².